The van der Waals surface area contributed by atoms with Gasteiger partial charge >= 0.3 is 0 Å². The molecule has 0 fully saturated rings. The van der Waals surface area contributed by atoms with Crippen LogP contribution in [0.5, 0.6) is 0 Å². The molecule has 4 rings (SSSR count). The summed E-state index contributed by atoms with van der Waals surface area (Å²) in [6.07, 6.45) is 1.34. The quantitative estimate of drug-likeness (QED) is 0.479. The van der Waals surface area contributed by atoms with Crippen molar-refractivity contribution in [3.63, 3.8) is 0 Å². The molecule has 0 saturated carbocycles. The second-order valence-electron chi connectivity index (χ2n) is 6.87. The second-order valence-corrected chi connectivity index (χ2v) is 7.85. The maximum atomic E-state index is 11.5. The molecule has 148 valence electrons. The zero-order chi connectivity index (χ0) is 20.4. The van der Waals surface area contributed by atoms with Gasteiger partial charge in [-0.25, -0.2) is 0 Å². The Labute approximate surface area is 172 Å². The molecule has 3 aromatic rings. The molecule has 8 heteroatoms. The molecule has 2 atom stereocenters. The highest BCUT2D eigenvalue weighted by atomic mass is 32.1. The van der Waals surface area contributed by atoms with E-state index in [4.69, 9.17) is 5.73 Å². The standard InChI is InChI=1S/C21H21N5O2S/c1-2-12-3-5-13(6-4-12)19(28)16(22)11-23-21-26-25-20(29-21)14-7-8-17-15(9-14)10-18(27)24-17/h2-9,16,19,28H,1,10-11,22H2,(H,23,26)(H,24,27)/t16-,19+/m1/s1. The molecule has 29 heavy (non-hydrogen) atoms. The first-order valence-corrected chi connectivity index (χ1v) is 10.0. The van der Waals surface area contributed by atoms with Gasteiger partial charge in [0.05, 0.1) is 18.6 Å². The Hall–Kier alpha value is -3.07. The van der Waals surface area contributed by atoms with Crippen LogP contribution in [0.2, 0.25) is 0 Å². The second kappa shape index (κ2) is 8.12. The molecule has 1 aliphatic rings. The summed E-state index contributed by atoms with van der Waals surface area (Å²) in [6.45, 7) is 4.07. The van der Waals surface area contributed by atoms with Crippen molar-refractivity contribution in [3.8, 4) is 10.6 Å². The van der Waals surface area contributed by atoms with Crippen molar-refractivity contribution in [3.05, 3.63) is 65.7 Å². The Morgan fingerprint density at radius 3 is 2.83 bits per heavy atom. The average Bonchev–Trinajstić information content (AvgIpc) is 3.36. The van der Waals surface area contributed by atoms with E-state index in [1.54, 1.807) is 6.08 Å². The van der Waals surface area contributed by atoms with Crippen molar-refractivity contribution >= 4 is 34.1 Å². The van der Waals surface area contributed by atoms with Crippen molar-refractivity contribution in [1.29, 1.82) is 0 Å². The summed E-state index contributed by atoms with van der Waals surface area (Å²) in [5.74, 6) is 0.00319. The van der Waals surface area contributed by atoms with Crippen LogP contribution in [-0.4, -0.2) is 33.8 Å². The van der Waals surface area contributed by atoms with Crippen molar-refractivity contribution in [1.82, 2.24) is 10.2 Å². The van der Waals surface area contributed by atoms with E-state index in [9.17, 15) is 9.90 Å². The monoisotopic (exact) mass is 407 g/mol. The van der Waals surface area contributed by atoms with Crippen molar-refractivity contribution in [2.24, 2.45) is 5.73 Å². The van der Waals surface area contributed by atoms with Crippen LogP contribution in [0.3, 0.4) is 0 Å². The molecule has 2 heterocycles. The van der Waals surface area contributed by atoms with Crippen LogP contribution in [0.4, 0.5) is 10.8 Å². The zero-order valence-corrected chi connectivity index (χ0v) is 16.4. The van der Waals surface area contributed by atoms with E-state index in [1.807, 2.05) is 42.5 Å². The lowest BCUT2D eigenvalue weighted by Crippen LogP contribution is -2.35. The van der Waals surface area contributed by atoms with Crippen LogP contribution in [0.1, 0.15) is 22.8 Å². The minimum absolute atomic E-state index is 0.00319. The van der Waals surface area contributed by atoms with Crippen LogP contribution in [0.15, 0.2) is 49.0 Å². The number of nitrogens with one attached hydrogen (secondary N) is 2. The number of anilines is 2. The fraction of sp³-hybridized carbons (Fsp3) is 0.190. The number of aliphatic hydroxyl groups excluding tert-OH is 1. The highest BCUT2D eigenvalue weighted by molar-refractivity contribution is 7.18. The summed E-state index contributed by atoms with van der Waals surface area (Å²) >= 11 is 1.40. The molecule has 0 spiro atoms. The van der Waals surface area contributed by atoms with Gasteiger partial charge < -0.3 is 21.5 Å². The smallest absolute Gasteiger partial charge is 0.228 e. The largest absolute Gasteiger partial charge is 0.387 e. The van der Waals surface area contributed by atoms with Crippen LogP contribution in [0.25, 0.3) is 16.6 Å². The summed E-state index contributed by atoms with van der Waals surface area (Å²) in [5, 5.41) is 26.2. The van der Waals surface area contributed by atoms with Crippen LogP contribution in [-0.2, 0) is 11.2 Å². The molecule has 1 aromatic heterocycles. The molecule has 5 N–H and O–H groups in total. The van der Waals surface area contributed by atoms with E-state index in [1.165, 1.54) is 11.3 Å². The van der Waals surface area contributed by atoms with Gasteiger partial charge in [-0.05, 0) is 34.9 Å². The van der Waals surface area contributed by atoms with Gasteiger partial charge in [-0.2, -0.15) is 0 Å². The SMILES string of the molecule is C=Cc1ccc([C@H](O)[C@H](N)CNc2nnc(-c3ccc4c(c3)CC(=O)N4)s2)cc1. The summed E-state index contributed by atoms with van der Waals surface area (Å²) < 4.78 is 0. The van der Waals surface area contributed by atoms with Crippen LogP contribution >= 0.6 is 11.3 Å². The van der Waals surface area contributed by atoms with Crippen LogP contribution < -0.4 is 16.4 Å². The lowest BCUT2D eigenvalue weighted by Gasteiger charge is -2.19. The topological polar surface area (TPSA) is 113 Å². The fourth-order valence-corrected chi connectivity index (χ4v) is 3.91. The molecular weight excluding hydrogens is 386 g/mol. The minimum Gasteiger partial charge on any atom is -0.387 e. The van der Waals surface area contributed by atoms with Gasteiger partial charge in [0.25, 0.3) is 0 Å². The maximum Gasteiger partial charge on any atom is 0.228 e. The molecule has 1 aliphatic heterocycles. The third kappa shape index (κ3) is 4.19. The first kappa shape index (κ1) is 19.3. The normalized spacial score (nSPS) is 14.8. The van der Waals surface area contributed by atoms with Gasteiger partial charge in [-0.3, -0.25) is 4.79 Å². The Morgan fingerprint density at radius 2 is 2.07 bits per heavy atom. The number of benzene rings is 2. The predicted octanol–water partition coefficient (Wildman–Crippen LogP) is 2.82. The number of aliphatic hydroxyl groups is 1. The average molecular weight is 407 g/mol. The number of carbonyl (C=O) groups is 1. The molecule has 0 bridgehead atoms. The Balaban J connectivity index is 1.38. The van der Waals surface area contributed by atoms with Crippen molar-refractivity contribution in [2.75, 3.05) is 17.2 Å². The Bertz CT molecular complexity index is 1050. The lowest BCUT2D eigenvalue weighted by atomic mass is 10.0. The van der Waals surface area contributed by atoms with E-state index >= 15 is 0 Å². The highest BCUT2D eigenvalue weighted by Gasteiger charge is 2.20. The molecule has 0 saturated heterocycles. The summed E-state index contributed by atoms with van der Waals surface area (Å²) in [7, 11) is 0. The molecule has 0 aliphatic carbocycles. The first-order chi connectivity index (χ1) is 14.0. The van der Waals surface area contributed by atoms with Crippen molar-refractivity contribution < 1.29 is 9.90 Å². The number of amides is 1. The number of aromatic nitrogens is 2. The van der Waals surface area contributed by atoms with Gasteiger partial charge in [-0.1, -0.05) is 48.3 Å². The number of nitrogens with zero attached hydrogens (tertiary/aromatic N) is 2. The van der Waals surface area contributed by atoms with Gasteiger partial charge in [0.2, 0.25) is 11.0 Å². The molecule has 7 nitrogen and oxygen atoms in total. The number of nitrogens with two attached hydrogens (primary N) is 1. The maximum absolute atomic E-state index is 11.5. The van der Waals surface area contributed by atoms with Crippen LogP contribution in [0, 0.1) is 0 Å². The van der Waals surface area contributed by atoms with Gasteiger partial charge in [0.15, 0.2) is 0 Å². The van der Waals surface area contributed by atoms with E-state index < -0.39 is 12.1 Å². The van der Waals surface area contributed by atoms with Gasteiger partial charge in [-0.15, -0.1) is 10.2 Å². The first-order valence-electron chi connectivity index (χ1n) is 9.20. The third-order valence-electron chi connectivity index (χ3n) is 4.81. The van der Waals surface area contributed by atoms with E-state index in [2.05, 4.69) is 27.4 Å². The number of hydrogen-bond acceptors (Lipinski definition) is 7. The molecule has 0 unspecified atom stereocenters. The third-order valence-corrected chi connectivity index (χ3v) is 5.74. The van der Waals surface area contributed by atoms with E-state index in [-0.39, 0.29) is 5.91 Å². The van der Waals surface area contributed by atoms with E-state index in [0.29, 0.717) is 18.1 Å². The van der Waals surface area contributed by atoms with Gasteiger partial charge in [0, 0.05) is 17.8 Å². The predicted molar refractivity (Wildman–Crippen MR) is 116 cm³/mol. The Kier molecular flexibility index (Phi) is 5.39. The summed E-state index contributed by atoms with van der Waals surface area (Å²) in [6, 6.07) is 12.7. The molecule has 0 radical (unpaired) electrons. The highest BCUT2D eigenvalue weighted by Crippen LogP contribution is 2.31. The Morgan fingerprint density at radius 1 is 1.28 bits per heavy atom. The number of hydrogen-bond donors (Lipinski definition) is 4. The van der Waals surface area contributed by atoms with Gasteiger partial charge in [0.1, 0.15) is 5.01 Å². The lowest BCUT2D eigenvalue weighted by molar-refractivity contribution is -0.115. The molecule has 2 aromatic carbocycles. The number of rotatable bonds is 7. The molecular formula is C21H21N5O2S. The zero-order valence-electron chi connectivity index (χ0n) is 15.6. The fourth-order valence-electron chi connectivity index (χ4n) is 3.17. The minimum atomic E-state index is -0.796. The summed E-state index contributed by atoms with van der Waals surface area (Å²) in [4.78, 5) is 11.5. The number of fused-ring (bicyclic) bond motifs is 1. The molecule has 1 amide bonds. The van der Waals surface area contributed by atoms with E-state index in [0.717, 1.165) is 32.9 Å². The van der Waals surface area contributed by atoms with Crippen molar-refractivity contribution in [2.45, 2.75) is 18.6 Å². The summed E-state index contributed by atoms with van der Waals surface area (Å²) in [5.41, 5.74) is 10.6. The number of carbonyl (C=O) groups excluding carboxylic acids is 1.